The van der Waals surface area contributed by atoms with Gasteiger partial charge in [-0.2, -0.15) is 13.2 Å². The fourth-order valence-electron chi connectivity index (χ4n) is 1.52. The van der Waals surface area contributed by atoms with Crippen LogP contribution in [0, 0.1) is 0 Å². The van der Waals surface area contributed by atoms with Crippen LogP contribution in [-0.4, -0.2) is 31.8 Å². The van der Waals surface area contributed by atoms with Crippen molar-refractivity contribution in [2.75, 3.05) is 19.8 Å². The maximum absolute atomic E-state index is 11.9. The minimum Gasteiger partial charge on any atom is -0.493 e. The molecule has 0 aliphatic rings. The van der Waals surface area contributed by atoms with Gasteiger partial charge < -0.3 is 9.47 Å². The Balaban J connectivity index is 2.50. The Morgan fingerprint density at radius 1 is 1.20 bits per heavy atom. The summed E-state index contributed by atoms with van der Waals surface area (Å²) in [5.74, 6) is 0.161. The minimum atomic E-state index is -4.37. The first-order chi connectivity index (χ1) is 9.44. The van der Waals surface area contributed by atoms with Gasteiger partial charge in [-0.3, -0.25) is 4.79 Å². The number of carbonyl (C=O) groups is 1. The SMILES string of the molecule is CCCOc1ccccc1C(=O)CCOCC(F)(F)F. The third-order valence-corrected chi connectivity index (χ3v) is 2.39. The molecule has 6 heteroatoms. The summed E-state index contributed by atoms with van der Waals surface area (Å²) in [4.78, 5) is 11.9. The number of hydrogen-bond acceptors (Lipinski definition) is 3. The van der Waals surface area contributed by atoms with Crippen molar-refractivity contribution in [1.82, 2.24) is 0 Å². The fourth-order valence-corrected chi connectivity index (χ4v) is 1.52. The number of halogens is 3. The van der Waals surface area contributed by atoms with Crippen LogP contribution in [0.5, 0.6) is 5.75 Å². The van der Waals surface area contributed by atoms with E-state index in [-0.39, 0.29) is 18.8 Å². The van der Waals surface area contributed by atoms with Crippen LogP contribution in [-0.2, 0) is 4.74 Å². The van der Waals surface area contributed by atoms with Crippen molar-refractivity contribution in [3.8, 4) is 5.75 Å². The van der Waals surface area contributed by atoms with E-state index < -0.39 is 12.8 Å². The van der Waals surface area contributed by atoms with Crippen molar-refractivity contribution in [3.05, 3.63) is 29.8 Å². The van der Waals surface area contributed by atoms with Crippen LogP contribution in [0.3, 0.4) is 0 Å². The highest BCUT2D eigenvalue weighted by atomic mass is 19.4. The Morgan fingerprint density at radius 2 is 1.90 bits per heavy atom. The highest BCUT2D eigenvalue weighted by Gasteiger charge is 2.27. The highest BCUT2D eigenvalue weighted by molar-refractivity contribution is 5.98. The molecule has 0 aromatic heterocycles. The van der Waals surface area contributed by atoms with Gasteiger partial charge in [-0.05, 0) is 18.6 Å². The van der Waals surface area contributed by atoms with Crippen LogP contribution in [0.15, 0.2) is 24.3 Å². The zero-order valence-corrected chi connectivity index (χ0v) is 11.2. The summed E-state index contributed by atoms with van der Waals surface area (Å²) in [6.45, 7) is 0.818. The summed E-state index contributed by atoms with van der Waals surface area (Å²) < 4.78 is 45.5. The van der Waals surface area contributed by atoms with Gasteiger partial charge in [0.2, 0.25) is 0 Å². The van der Waals surface area contributed by atoms with Crippen LogP contribution >= 0.6 is 0 Å². The van der Waals surface area contributed by atoms with E-state index in [2.05, 4.69) is 4.74 Å². The predicted molar refractivity (Wildman–Crippen MR) is 68.0 cm³/mol. The van der Waals surface area contributed by atoms with Crippen molar-refractivity contribution in [2.45, 2.75) is 25.9 Å². The predicted octanol–water partition coefficient (Wildman–Crippen LogP) is 3.63. The van der Waals surface area contributed by atoms with E-state index in [0.717, 1.165) is 6.42 Å². The average Bonchev–Trinajstić information content (AvgIpc) is 2.40. The summed E-state index contributed by atoms with van der Waals surface area (Å²) in [6.07, 6.45) is -3.68. The molecule has 1 rings (SSSR count). The Bertz CT molecular complexity index is 430. The van der Waals surface area contributed by atoms with E-state index >= 15 is 0 Å². The molecule has 0 amide bonds. The Labute approximate surface area is 115 Å². The number of benzene rings is 1. The zero-order valence-electron chi connectivity index (χ0n) is 11.2. The standard InChI is InChI=1S/C14H17F3O3/c1-2-8-20-13-6-4-3-5-11(13)12(18)7-9-19-10-14(15,16)17/h3-6H,2,7-10H2,1H3. The van der Waals surface area contributed by atoms with E-state index in [1.807, 2.05) is 6.92 Å². The molecule has 1 aromatic rings. The van der Waals surface area contributed by atoms with Gasteiger partial charge in [0, 0.05) is 6.42 Å². The second-order valence-corrected chi connectivity index (χ2v) is 4.19. The highest BCUT2D eigenvalue weighted by Crippen LogP contribution is 2.20. The second kappa shape index (κ2) is 7.89. The summed E-state index contributed by atoms with van der Waals surface area (Å²) in [5.41, 5.74) is 0.372. The van der Waals surface area contributed by atoms with E-state index in [1.54, 1.807) is 24.3 Å². The van der Waals surface area contributed by atoms with Crippen LogP contribution in [0.2, 0.25) is 0 Å². The number of ketones is 1. The van der Waals surface area contributed by atoms with Crippen LogP contribution in [0.25, 0.3) is 0 Å². The van der Waals surface area contributed by atoms with Crippen molar-refractivity contribution in [1.29, 1.82) is 0 Å². The topological polar surface area (TPSA) is 35.5 Å². The molecule has 0 bridgehead atoms. The number of para-hydroxylation sites is 1. The first kappa shape index (κ1) is 16.5. The van der Waals surface area contributed by atoms with Gasteiger partial charge in [0.25, 0.3) is 0 Å². The molecule has 0 aliphatic carbocycles. The molecule has 0 aliphatic heterocycles. The molecule has 1 aromatic carbocycles. The minimum absolute atomic E-state index is 0.109. The Morgan fingerprint density at radius 3 is 2.55 bits per heavy atom. The lowest BCUT2D eigenvalue weighted by atomic mass is 10.1. The van der Waals surface area contributed by atoms with Gasteiger partial charge in [0.1, 0.15) is 12.4 Å². The van der Waals surface area contributed by atoms with Crippen molar-refractivity contribution < 1.29 is 27.4 Å². The molecule has 0 atom stereocenters. The molecule has 0 saturated carbocycles. The number of Topliss-reactive ketones (excluding diaryl/α,β-unsaturated/α-hetero) is 1. The summed E-state index contributed by atoms with van der Waals surface area (Å²) in [6, 6.07) is 6.68. The number of hydrogen-bond donors (Lipinski definition) is 0. The number of alkyl halides is 3. The summed E-state index contributed by atoms with van der Waals surface area (Å²) in [5, 5.41) is 0. The first-order valence-corrected chi connectivity index (χ1v) is 6.33. The monoisotopic (exact) mass is 290 g/mol. The molecule has 0 heterocycles. The van der Waals surface area contributed by atoms with Gasteiger partial charge in [-0.25, -0.2) is 0 Å². The van der Waals surface area contributed by atoms with Gasteiger partial charge >= 0.3 is 6.18 Å². The Hall–Kier alpha value is -1.56. The normalized spacial score (nSPS) is 11.4. The van der Waals surface area contributed by atoms with Crippen molar-refractivity contribution >= 4 is 5.78 Å². The number of rotatable bonds is 8. The van der Waals surface area contributed by atoms with Crippen LogP contribution in [0.1, 0.15) is 30.1 Å². The van der Waals surface area contributed by atoms with E-state index in [0.29, 0.717) is 17.9 Å². The summed E-state index contributed by atoms with van der Waals surface area (Å²) >= 11 is 0. The lowest BCUT2D eigenvalue weighted by Gasteiger charge is -2.10. The lowest BCUT2D eigenvalue weighted by Crippen LogP contribution is -2.18. The molecule has 0 spiro atoms. The van der Waals surface area contributed by atoms with Crippen molar-refractivity contribution in [2.24, 2.45) is 0 Å². The van der Waals surface area contributed by atoms with Gasteiger partial charge in [-0.1, -0.05) is 19.1 Å². The Kier molecular flexibility index (Phi) is 6.51. The molecule has 20 heavy (non-hydrogen) atoms. The van der Waals surface area contributed by atoms with Crippen molar-refractivity contribution in [3.63, 3.8) is 0 Å². The molecule has 112 valence electrons. The maximum Gasteiger partial charge on any atom is 0.411 e. The van der Waals surface area contributed by atoms with Gasteiger partial charge in [0.15, 0.2) is 5.78 Å². The molecular weight excluding hydrogens is 273 g/mol. The third kappa shape index (κ3) is 6.06. The molecule has 3 nitrogen and oxygen atoms in total. The largest absolute Gasteiger partial charge is 0.493 e. The average molecular weight is 290 g/mol. The quantitative estimate of drug-likeness (QED) is 0.542. The molecule has 0 fully saturated rings. The lowest BCUT2D eigenvalue weighted by molar-refractivity contribution is -0.173. The van der Waals surface area contributed by atoms with Crippen LogP contribution < -0.4 is 4.74 Å². The fraction of sp³-hybridized carbons (Fsp3) is 0.500. The molecule has 0 unspecified atom stereocenters. The molecule has 0 saturated heterocycles. The molecule has 0 radical (unpaired) electrons. The number of carbonyl (C=O) groups excluding carboxylic acids is 1. The second-order valence-electron chi connectivity index (χ2n) is 4.19. The van der Waals surface area contributed by atoms with E-state index in [4.69, 9.17) is 4.74 Å². The van der Waals surface area contributed by atoms with Gasteiger partial charge in [-0.15, -0.1) is 0 Å². The first-order valence-electron chi connectivity index (χ1n) is 6.33. The molecular formula is C14H17F3O3. The van der Waals surface area contributed by atoms with E-state index in [9.17, 15) is 18.0 Å². The maximum atomic E-state index is 11.9. The smallest absolute Gasteiger partial charge is 0.411 e. The summed E-state index contributed by atoms with van der Waals surface area (Å²) in [7, 11) is 0. The third-order valence-electron chi connectivity index (χ3n) is 2.39. The van der Waals surface area contributed by atoms with Crippen LogP contribution in [0.4, 0.5) is 13.2 Å². The number of ether oxygens (including phenoxy) is 2. The molecule has 0 N–H and O–H groups in total. The zero-order chi connectivity index (χ0) is 15.0. The van der Waals surface area contributed by atoms with Gasteiger partial charge in [0.05, 0.1) is 18.8 Å². The van der Waals surface area contributed by atoms with E-state index in [1.165, 1.54) is 0 Å².